The number of benzene rings is 2. The number of carbonyl (C=O) groups is 1. The number of hydrogen-bond acceptors (Lipinski definition) is 7. The number of fused-ring (bicyclic) bond motifs is 1. The van der Waals surface area contributed by atoms with Crippen LogP contribution in [0, 0.1) is 38.0 Å². The van der Waals surface area contributed by atoms with Crippen LogP contribution in [0.5, 0.6) is 11.5 Å². The molecule has 1 atom stereocenters. The molecule has 1 unspecified atom stereocenters. The molecule has 2 aromatic rings. The third-order valence-electron chi connectivity index (χ3n) is 8.75. The average molecular weight is 569 g/mol. The van der Waals surface area contributed by atoms with E-state index in [9.17, 15) is 18.5 Å². The molecule has 40 heavy (non-hydrogen) atoms. The average Bonchev–Trinajstić information content (AvgIpc) is 2.92. The summed E-state index contributed by atoms with van der Waals surface area (Å²) in [7, 11) is -2.28. The van der Waals surface area contributed by atoms with Crippen molar-refractivity contribution in [2.45, 2.75) is 83.1 Å². The second-order valence-corrected chi connectivity index (χ2v) is 13.4. The zero-order valence-electron chi connectivity index (χ0n) is 24.6. The van der Waals surface area contributed by atoms with E-state index < -0.39 is 27.3 Å². The largest absolute Gasteiger partial charge is 0.497 e. The molecule has 0 N–H and O–H groups in total. The Kier molecular flexibility index (Phi) is 8.26. The molecule has 0 radical (unpaired) electrons. The van der Waals surface area contributed by atoms with Gasteiger partial charge in [0.05, 0.1) is 24.7 Å². The molecule has 0 saturated carbocycles. The van der Waals surface area contributed by atoms with Crippen LogP contribution >= 0.6 is 0 Å². The highest BCUT2D eigenvalue weighted by molar-refractivity contribution is 7.89. The van der Waals surface area contributed by atoms with E-state index in [2.05, 4.69) is 19.9 Å². The molecule has 2 aromatic carbocycles. The van der Waals surface area contributed by atoms with E-state index in [0.29, 0.717) is 29.1 Å². The molecule has 0 aliphatic carbocycles. The van der Waals surface area contributed by atoms with E-state index in [0.717, 1.165) is 40.8 Å². The lowest BCUT2D eigenvalue weighted by Crippen LogP contribution is -2.50. The standard InChI is InChI=1S/C31H40N2O6S/c1-8-38-29(34)26(19-32)31(23-9-11-24(37-7)12-10-23)15-17-33(18-16-31)40(35,36)28-21(3)20(2)27-25(22(28)4)13-14-30(5,6)39-27/h9-12,26H,8,13-18H2,1-7H3. The van der Waals surface area contributed by atoms with E-state index in [1.165, 1.54) is 4.31 Å². The summed E-state index contributed by atoms with van der Waals surface area (Å²) in [5, 5.41) is 10.1. The number of hydrogen-bond donors (Lipinski definition) is 0. The Balaban J connectivity index is 1.72. The summed E-state index contributed by atoms with van der Waals surface area (Å²) in [6, 6.07) is 9.50. The SMILES string of the molecule is CCOC(=O)C(C#N)C1(c2ccc(OC)cc2)CCN(S(=O)(=O)c2c(C)c(C)c3c(c2C)CCC(C)(C)O3)CC1. The lowest BCUT2D eigenvalue weighted by atomic mass is 9.65. The Morgan fingerprint density at radius 1 is 1.07 bits per heavy atom. The van der Waals surface area contributed by atoms with Crippen LogP contribution in [-0.4, -0.2) is 51.1 Å². The Bertz CT molecular complexity index is 1430. The molecule has 2 aliphatic rings. The summed E-state index contributed by atoms with van der Waals surface area (Å²) in [5.41, 5.74) is 2.84. The van der Waals surface area contributed by atoms with Gasteiger partial charge in [-0.15, -0.1) is 0 Å². The van der Waals surface area contributed by atoms with Gasteiger partial charge >= 0.3 is 5.97 Å². The highest BCUT2D eigenvalue weighted by Gasteiger charge is 2.49. The van der Waals surface area contributed by atoms with Gasteiger partial charge in [0.15, 0.2) is 5.92 Å². The fraction of sp³-hybridized carbons (Fsp3) is 0.548. The quantitative estimate of drug-likeness (QED) is 0.425. The predicted molar refractivity (Wildman–Crippen MR) is 152 cm³/mol. The molecule has 0 aromatic heterocycles. The summed E-state index contributed by atoms with van der Waals surface area (Å²) in [6.07, 6.45) is 2.16. The van der Waals surface area contributed by atoms with Crippen molar-refractivity contribution in [1.29, 1.82) is 5.26 Å². The van der Waals surface area contributed by atoms with Crippen molar-refractivity contribution in [3.05, 3.63) is 52.1 Å². The van der Waals surface area contributed by atoms with Crippen LogP contribution in [0.3, 0.4) is 0 Å². The summed E-state index contributed by atoms with van der Waals surface area (Å²) in [5.74, 6) is -0.198. The van der Waals surface area contributed by atoms with Crippen molar-refractivity contribution >= 4 is 16.0 Å². The third-order valence-corrected chi connectivity index (χ3v) is 10.9. The molecular weight excluding hydrogens is 528 g/mol. The number of rotatable bonds is 7. The second kappa shape index (κ2) is 11.1. The van der Waals surface area contributed by atoms with Gasteiger partial charge in [-0.25, -0.2) is 8.42 Å². The van der Waals surface area contributed by atoms with E-state index in [1.807, 2.05) is 32.9 Å². The molecule has 9 heteroatoms. The summed E-state index contributed by atoms with van der Waals surface area (Å²) in [6.45, 7) is 12.0. The van der Waals surface area contributed by atoms with Crippen molar-refractivity contribution in [2.24, 2.45) is 5.92 Å². The van der Waals surface area contributed by atoms with Crippen LogP contribution in [0.15, 0.2) is 29.2 Å². The van der Waals surface area contributed by atoms with Gasteiger partial charge in [-0.1, -0.05) is 12.1 Å². The Morgan fingerprint density at radius 2 is 1.70 bits per heavy atom. The molecule has 4 rings (SSSR count). The van der Waals surface area contributed by atoms with Gasteiger partial charge in [-0.05, 0) is 107 Å². The number of esters is 1. The van der Waals surface area contributed by atoms with Gasteiger partial charge in [0.1, 0.15) is 17.1 Å². The molecule has 2 heterocycles. The minimum absolute atomic E-state index is 0.160. The van der Waals surface area contributed by atoms with Crippen molar-refractivity contribution in [2.75, 3.05) is 26.8 Å². The smallest absolute Gasteiger partial charge is 0.324 e. The first kappa shape index (κ1) is 29.9. The van der Waals surface area contributed by atoms with Gasteiger partial charge < -0.3 is 14.2 Å². The molecule has 216 valence electrons. The van der Waals surface area contributed by atoms with Crippen molar-refractivity contribution < 1.29 is 27.4 Å². The van der Waals surface area contributed by atoms with E-state index in [-0.39, 0.29) is 25.3 Å². The number of nitrogens with zero attached hydrogens (tertiary/aromatic N) is 2. The van der Waals surface area contributed by atoms with Crippen LogP contribution < -0.4 is 9.47 Å². The molecule has 1 saturated heterocycles. The van der Waals surface area contributed by atoms with Crippen LogP contribution in [-0.2, 0) is 31.4 Å². The number of nitriles is 1. The number of methoxy groups -OCH3 is 1. The van der Waals surface area contributed by atoms with Gasteiger partial charge in [-0.3, -0.25) is 4.79 Å². The maximum atomic E-state index is 14.2. The molecule has 1 fully saturated rings. The normalized spacial score (nSPS) is 19.1. The second-order valence-electron chi connectivity index (χ2n) is 11.5. The van der Waals surface area contributed by atoms with Crippen molar-refractivity contribution in [1.82, 2.24) is 4.31 Å². The zero-order chi connectivity index (χ0) is 29.5. The monoisotopic (exact) mass is 568 g/mol. The van der Waals surface area contributed by atoms with Crippen LogP contribution in [0.4, 0.5) is 0 Å². The lowest BCUT2D eigenvalue weighted by molar-refractivity contribution is -0.149. The molecule has 0 spiro atoms. The van der Waals surface area contributed by atoms with Crippen molar-refractivity contribution in [3.63, 3.8) is 0 Å². The molecular formula is C31H40N2O6S. The highest BCUT2D eigenvalue weighted by atomic mass is 32.2. The summed E-state index contributed by atoms with van der Waals surface area (Å²) < 4.78 is 46.8. The fourth-order valence-electron chi connectivity index (χ4n) is 6.28. The van der Waals surface area contributed by atoms with Gasteiger partial charge in [-0.2, -0.15) is 9.57 Å². The Morgan fingerprint density at radius 3 is 2.25 bits per heavy atom. The first-order valence-electron chi connectivity index (χ1n) is 13.9. The number of carbonyl (C=O) groups excluding carboxylic acids is 1. The predicted octanol–water partition coefficient (Wildman–Crippen LogP) is 5.15. The summed E-state index contributed by atoms with van der Waals surface area (Å²) >= 11 is 0. The fourth-order valence-corrected chi connectivity index (χ4v) is 8.26. The number of ether oxygens (including phenoxy) is 3. The minimum Gasteiger partial charge on any atom is -0.497 e. The van der Waals surface area contributed by atoms with E-state index >= 15 is 0 Å². The molecule has 2 aliphatic heterocycles. The molecule has 8 nitrogen and oxygen atoms in total. The number of sulfonamides is 1. The van der Waals surface area contributed by atoms with Crippen LogP contribution in [0.2, 0.25) is 0 Å². The Hall–Kier alpha value is -3.09. The van der Waals surface area contributed by atoms with Crippen LogP contribution in [0.1, 0.15) is 67.9 Å². The Labute approximate surface area is 238 Å². The first-order chi connectivity index (χ1) is 18.8. The van der Waals surface area contributed by atoms with Gasteiger partial charge in [0.2, 0.25) is 10.0 Å². The topological polar surface area (TPSA) is 106 Å². The molecule has 0 amide bonds. The van der Waals surface area contributed by atoms with Gasteiger partial charge in [0, 0.05) is 18.5 Å². The van der Waals surface area contributed by atoms with Crippen molar-refractivity contribution in [3.8, 4) is 17.6 Å². The molecule has 0 bridgehead atoms. The number of piperidine rings is 1. The third kappa shape index (κ3) is 5.08. The zero-order valence-corrected chi connectivity index (χ0v) is 25.4. The van der Waals surface area contributed by atoms with E-state index in [1.54, 1.807) is 26.2 Å². The minimum atomic E-state index is -3.86. The maximum Gasteiger partial charge on any atom is 0.324 e. The highest BCUT2D eigenvalue weighted by Crippen LogP contribution is 2.46. The first-order valence-corrected chi connectivity index (χ1v) is 15.3. The van der Waals surface area contributed by atoms with Gasteiger partial charge in [0.25, 0.3) is 0 Å². The van der Waals surface area contributed by atoms with E-state index in [4.69, 9.17) is 14.2 Å². The lowest BCUT2D eigenvalue weighted by Gasteiger charge is -2.43. The summed E-state index contributed by atoms with van der Waals surface area (Å²) in [4.78, 5) is 13.3. The maximum absolute atomic E-state index is 14.2. The van der Waals surface area contributed by atoms with Crippen LogP contribution in [0.25, 0.3) is 0 Å².